The molecule has 2 aromatic carbocycles. The Kier molecular flexibility index (Phi) is 8.37. The van der Waals surface area contributed by atoms with Gasteiger partial charge >= 0.3 is 17.8 Å². The summed E-state index contributed by atoms with van der Waals surface area (Å²) in [6.45, 7) is 0. The topological polar surface area (TPSA) is 132 Å². The van der Waals surface area contributed by atoms with Crippen LogP contribution in [0.15, 0.2) is 36.4 Å². The fourth-order valence-corrected chi connectivity index (χ4v) is 2.72. The van der Waals surface area contributed by atoms with Gasteiger partial charge in [-0.1, -0.05) is 0 Å². The zero-order valence-electron chi connectivity index (χ0n) is 18.6. The van der Waals surface area contributed by atoms with Crippen molar-refractivity contribution in [3.05, 3.63) is 42.0 Å². The van der Waals surface area contributed by atoms with Gasteiger partial charge in [0.1, 0.15) is 23.0 Å². The molecule has 0 unspecified atom stereocenters. The predicted octanol–water partition coefficient (Wildman–Crippen LogP) is 3.03. The van der Waals surface area contributed by atoms with Crippen LogP contribution in [0.2, 0.25) is 0 Å². The van der Waals surface area contributed by atoms with Gasteiger partial charge in [0.25, 0.3) is 0 Å². The summed E-state index contributed by atoms with van der Waals surface area (Å²) in [5.74, 6) is -8.74. The smallest absolute Gasteiger partial charge is 0.418 e. The number of anilines is 2. The lowest BCUT2D eigenvalue weighted by molar-refractivity contribution is -0.169. The molecule has 0 aliphatic rings. The predicted molar refractivity (Wildman–Crippen MR) is 118 cm³/mol. The van der Waals surface area contributed by atoms with Gasteiger partial charge in [-0.3, -0.25) is 9.59 Å². The van der Waals surface area contributed by atoms with Crippen LogP contribution in [0.5, 0.6) is 23.0 Å². The second-order valence-corrected chi connectivity index (χ2v) is 6.52. The molecule has 12 heteroatoms. The van der Waals surface area contributed by atoms with Gasteiger partial charge in [0.2, 0.25) is 5.91 Å². The number of carbonyl (C=O) groups is 3. The SMILES string of the molecule is COc1cc(OC)c(C=CC(=O)Nc2ccc(OC)c(NC(=O)C(F)(F)C(=O)O)c2)c(OC)c1. The van der Waals surface area contributed by atoms with Crippen molar-refractivity contribution in [2.75, 3.05) is 39.1 Å². The number of methoxy groups -OCH3 is 4. The van der Waals surface area contributed by atoms with E-state index in [1.165, 1.54) is 52.7 Å². The fourth-order valence-electron chi connectivity index (χ4n) is 2.72. The van der Waals surface area contributed by atoms with E-state index >= 15 is 0 Å². The Morgan fingerprint density at radius 2 is 1.47 bits per heavy atom. The summed E-state index contributed by atoms with van der Waals surface area (Å²) >= 11 is 0. The molecule has 0 aliphatic carbocycles. The minimum Gasteiger partial charge on any atom is -0.496 e. The highest BCUT2D eigenvalue weighted by Crippen LogP contribution is 2.35. The molecule has 0 radical (unpaired) electrons. The van der Waals surface area contributed by atoms with Crippen LogP contribution in [0.25, 0.3) is 6.08 Å². The van der Waals surface area contributed by atoms with Crippen molar-refractivity contribution >= 4 is 35.2 Å². The van der Waals surface area contributed by atoms with Gasteiger partial charge in [0.05, 0.1) is 39.7 Å². The number of rotatable bonds is 10. The number of amides is 2. The van der Waals surface area contributed by atoms with Crippen molar-refractivity contribution in [2.24, 2.45) is 0 Å². The molecular formula is C22H22F2N2O8. The van der Waals surface area contributed by atoms with Gasteiger partial charge in [-0.25, -0.2) is 4.79 Å². The summed E-state index contributed by atoms with van der Waals surface area (Å²) in [5, 5.41) is 12.8. The number of halogens is 2. The third kappa shape index (κ3) is 5.91. The van der Waals surface area contributed by atoms with Crippen LogP contribution >= 0.6 is 0 Å². The van der Waals surface area contributed by atoms with Crippen LogP contribution in [0.4, 0.5) is 20.2 Å². The first-order chi connectivity index (χ1) is 16.1. The number of carboxylic acids is 1. The average Bonchev–Trinajstić information content (AvgIpc) is 2.82. The van der Waals surface area contributed by atoms with E-state index in [2.05, 4.69) is 5.32 Å². The van der Waals surface area contributed by atoms with Crippen molar-refractivity contribution in [3.63, 3.8) is 0 Å². The van der Waals surface area contributed by atoms with Crippen LogP contribution in [-0.4, -0.2) is 57.3 Å². The van der Waals surface area contributed by atoms with Gasteiger partial charge in [0, 0.05) is 23.9 Å². The molecule has 0 aromatic heterocycles. The third-order valence-electron chi connectivity index (χ3n) is 4.42. The molecule has 34 heavy (non-hydrogen) atoms. The normalized spacial score (nSPS) is 11.0. The lowest BCUT2D eigenvalue weighted by Crippen LogP contribution is -2.41. The first-order valence-electron chi connectivity index (χ1n) is 9.47. The number of hydrogen-bond acceptors (Lipinski definition) is 7. The van der Waals surface area contributed by atoms with Crippen molar-refractivity contribution in [1.29, 1.82) is 0 Å². The number of benzene rings is 2. The van der Waals surface area contributed by atoms with Gasteiger partial charge in [-0.2, -0.15) is 8.78 Å². The largest absolute Gasteiger partial charge is 0.496 e. The number of ether oxygens (including phenoxy) is 4. The zero-order chi connectivity index (χ0) is 25.5. The standard InChI is InChI=1S/C22H22F2N2O8/c1-31-13-10-17(33-3)14(18(11-13)34-4)6-8-19(27)25-12-5-7-16(32-2)15(9-12)26-20(28)22(23,24)21(29)30/h5-11H,1-4H3,(H,25,27)(H,26,28)(H,29,30). The highest BCUT2D eigenvalue weighted by Gasteiger charge is 2.48. The van der Waals surface area contributed by atoms with E-state index < -0.39 is 23.7 Å². The Labute approximate surface area is 193 Å². The van der Waals surface area contributed by atoms with Crippen molar-refractivity contribution in [3.8, 4) is 23.0 Å². The van der Waals surface area contributed by atoms with Crippen molar-refractivity contribution < 1.29 is 47.2 Å². The quantitative estimate of drug-likeness (QED) is 0.349. The molecule has 3 N–H and O–H groups in total. The monoisotopic (exact) mass is 480 g/mol. The van der Waals surface area contributed by atoms with Gasteiger partial charge in [-0.05, 0) is 24.3 Å². The Bertz CT molecular complexity index is 1090. The maximum atomic E-state index is 13.4. The van der Waals surface area contributed by atoms with Crippen LogP contribution < -0.4 is 29.6 Å². The summed E-state index contributed by atoms with van der Waals surface area (Å²) in [6, 6.07) is 7.03. The molecule has 0 saturated carbocycles. The first kappa shape index (κ1) is 25.9. The summed E-state index contributed by atoms with van der Waals surface area (Å²) in [5.41, 5.74) is 0.297. The number of hydrogen-bond donors (Lipinski definition) is 3. The van der Waals surface area contributed by atoms with Gasteiger partial charge < -0.3 is 34.7 Å². The third-order valence-corrected chi connectivity index (χ3v) is 4.42. The average molecular weight is 480 g/mol. The number of carboxylic acid groups (broad SMARTS) is 1. The molecular weight excluding hydrogens is 458 g/mol. The van der Waals surface area contributed by atoms with E-state index in [-0.39, 0.29) is 17.1 Å². The maximum Gasteiger partial charge on any atom is 0.418 e. The van der Waals surface area contributed by atoms with Gasteiger partial charge in [-0.15, -0.1) is 0 Å². The second-order valence-electron chi connectivity index (χ2n) is 6.52. The van der Waals surface area contributed by atoms with E-state index in [1.54, 1.807) is 17.4 Å². The Morgan fingerprint density at radius 1 is 0.882 bits per heavy atom. The zero-order valence-corrected chi connectivity index (χ0v) is 18.6. The summed E-state index contributed by atoms with van der Waals surface area (Å²) in [4.78, 5) is 34.7. The van der Waals surface area contributed by atoms with Gasteiger partial charge in [0.15, 0.2) is 0 Å². The molecule has 2 rings (SSSR count). The van der Waals surface area contributed by atoms with Crippen LogP contribution in [0, 0.1) is 0 Å². The highest BCUT2D eigenvalue weighted by atomic mass is 19.3. The lowest BCUT2D eigenvalue weighted by Gasteiger charge is -2.15. The Balaban J connectivity index is 2.26. The van der Waals surface area contributed by atoms with Crippen LogP contribution in [0.3, 0.4) is 0 Å². The van der Waals surface area contributed by atoms with E-state index in [9.17, 15) is 23.2 Å². The van der Waals surface area contributed by atoms with Crippen molar-refractivity contribution in [2.45, 2.75) is 5.92 Å². The molecule has 0 aliphatic heterocycles. The maximum absolute atomic E-state index is 13.4. The number of carbonyl (C=O) groups excluding carboxylic acids is 2. The molecule has 10 nitrogen and oxygen atoms in total. The molecule has 2 aromatic rings. The summed E-state index contributed by atoms with van der Waals surface area (Å²) in [7, 11) is 5.57. The lowest BCUT2D eigenvalue weighted by atomic mass is 10.1. The number of nitrogens with one attached hydrogen (secondary N) is 2. The molecule has 0 atom stereocenters. The Hall–Kier alpha value is -4.35. The highest BCUT2D eigenvalue weighted by molar-refractivity contribution is 6.10. The summed E-state index contributed by atoms with van der Waals surface area (Å²) in [6.07, 6.45) is 2.61. The Morgan fingerprint density at radius 3 is 1.97 bits per heavy atom. The minimum atomic E-state index is -4.66. The molecule has 2 amide bonds. The number of aliphatic carboxylic acids is 1. The molecule has 0 bridgehead atoms. The van der Waals surface area contributed by atoms with Crippen molar-refractivity contribution in [1.82, 2.24) is 0 Å². The minimum absolute atomic E-state index is 0.0317. The molecule has 0 spiro atoms. The fraction of sp³-hybridized carbons (Fsp3) is 0.227. The molecule has 0 fully saturated rings. The van der Waals surface area contributed by atoms with Crippen LogP contribution in [-0.2, 0) is 14.4 Å². The van der Waals surface area contributed by atoms with E-state index in [0.717, 1.165) is 6.07 Å². The van der Waals surface area contributed by atoms with E-state index in [1.807, 2.05) is 0 Å². The van der Waals surface area contributed by atoms with Crippen LogP contribution in [0.1, 0.15) is 5.56 Å². The first-order valence-corrected chi connectivity index (χ1v) is 9.47. The second kappa shape index (κ2) is 11.0. The summed E-state index contributed by atoms with van der Waals surface area (Å²) < 4.78 is 47.6. The van der Waals surface area contributed by atoms with E-state index in [4.69, 9.17) is 24.1 Å². The molecule has 0 saturated heterocycles. The van der Waals surface area contributed by atoms with E-state index in [0.29, 0.717) is 22.8 Å². The molecule has 182 valence electrons. The molecule has 0 heterocycles. The number of alkyl halides is 2.